The van der Waals surface area contributed by atoms with Crippen LogP contribution in [0, 0.1) is 0 Å². The molecule has 0 atom stereocenters. The zero-order valence-electron chi connectivity index (χ0n) is 13.8. The van der Waals surface area contributed by atoms with Crippen molar-refractivity contribution in [1.29, 1.82) is 0 Å². The van der Waals surface area contributed by atoms with E-state index in [-0.39, 0.29) is 0 Å². The van der Waals surface area contributed by atoms with E-state index in [1.165, 1.54) is 0 Å². The maximum atomic E-state index is 11.0. The van der Waals surface area contributed by atoms with Crippen LogP contribution in [-0.2, 0) is 4.79 Å². The van der Waals surface area contributed by atoms with Crippen LogP contribution < -0.4 is 10.2 Å². The second-order valence-electron chi connectivity index (χ2n) is 6.00. The van der Waals surface area contributed by atoms with Crippen molar-refractivity contribution in [3.8, 4) is 0 Å². The number of piperazine rings is 1. The zero-order valence-corrected chi connectivity index (χ0v) is 13.8. The molecule has 0 bridgehead atoms. The Morgan fingerprint density at radius 1 is 0.840 bits per heavy atom. The number of benzene rings is 2. The molecular weight excluding hydrogens is 314 g/mol. The van der Waals surface area contributed by atoms with Gasteiger partial charge in [-0.15, -0.1) is 0 Å². The summed E-state index contributed by atoms with van der Waals surface area (Å²) in [4.78, 5) is 24.6. The van der Waals surface area contributed by atoms with E-state index in [9.17, 15) is 4.79 Å². The first kappa shape index (κ1) is 15.4. The predicted octanol–water partition coefficient (Wildman–Crippen LogP) is 2.65. The molecule has 4 rings (SSSR count). The number of para-hydroxylation sites is 3. The highest BCUT2D eigenvalue weighted by atomic mass is 16.1. The maximum absolute atomic E-state index is 11.0. The molecule has 0 saturated carbocycles. The first-order chi connectivity index (χ1) is 12.3. The van der Waals surface area contributed by atoms with Gasteiger partial charge in [0, 0.05) is 31.9 Å². The summed E-state index contributed by atoms with van der Waals surface area (Å²) in [5, 5.41) is 3.39. The van der Waals surface area contributed by atoms with Gasteiger partial charge in [0.15, 0.2) is 11.6 Å². The van der Waals surface area contributed by atoms with E-state index >= 15 is 0 Å². The van der Waals surface area contributed by atoms with Gasteiger partial charge in [-0.25, -0.2) is 9.97 Å². The van der Waals surface area contributed by atoms with Gasteiger partial charge >= 0.3 is 0 Å². The van der Waals surface area contributed by atoms with E-state index in [1.54, 1.807) is 4.90 Å². The highest BCUT2D eigenvalue weighted by molar-refractivity contribution is 5.82. The minimum Gasteiger partial charge on any atom is -0.350 e. The standard InChI is InChI=1S/C19H19N5O/c25-14-23-10-12-24(13-11-23)19-18(20-15-6-2-1-3-7-15)21-16-8-4-5-9-17(16)22-19/h1-9,14H,10-13H2,(H,20,21). The van der Waals surface area contributed by atoms with Crippen LogP contribution in [0.2, 0.25) is 0 Å². The summed E-state index contributed by atoms with van der Waals surface area (Å²) in [5.74, 6) is 1.57. The summed E-state index contributed by atoms with van der Waals surface area (Å²) in [6.07, 6.45) is 0.909. The summed E-state index contributed by atoms with van der Waals surface area (Å²) in [5.41, 5.74) is 2.70. The van der Waals surface area contributed by atoms with Crippen molar-refractivity contribution in [3.63, 3.8) is 0 Å². The Kier molecular flexibility index (Phi) is 4.16. The third-order valence-corrected chi connectivity index (χ3v) is 4.35. The Balaban J connectivity index is 1.72. The van der Waals surface area contributed by atoms with E-state index in [4.69, 9.17) is 9.97 Å². The molecule has 6 heteroatoms. The smallest absolute Gasteiger partial charge is 0.209 e. The number of fused-ring (bicyclic) bond motifs is 1. The van der Waals surface area contributed by atoms with E-state index in [2.05, 4.69) is 10.2 Å². The first-order valence-electron chi connectivity index (χ1n) is 8.36. The van der Waals surface area contributed by atoms with Gasteiger partial charge in [0.05, 0.1) is 11.0 Å². The van der Waals surface area contributed by atoms with Gasteiger partial charge in [-0.3, -0.25) is 4.79 Å². The average Bonchev–Trinajstić information content (AvgIpc) is 2.68. The summed E-state index contributed by atoms with van der Waals surface area (Å²) in [7, 11) is 0. The highest BCUT2D eigenvalue weighted by Crippen LogP contribution is 2.28. The van der Waals surface area contributed by atoms with Gasteiger partial charge in [-0.1, -0.05) is 30.3 Å². The number of nitrogens with one attached hydrogen (secondary N) is 1. The van der Waals surface area contributed by atoms with Crippen LogP contribution >= 0.6 is 0 Å². The van der Waals surface area contributed by atoms with Gasteiger partial charge < -0.3 is 15.1 Å². The third-order valence-electron chi connectivity index (χ3n) is 4.35. The number of nitrogens with zero attached hydrogens (tertiary/aromatic N) is 4. The second-order valence-corrected chi connectivity index (χ2v) is 6.00. The number of amides is 1. The molecule has 0 aliphatic carbocycles. The quantitative estimate of drug-likeness (QED) is 0.744. The van der Waals surface area contributed by atoms with Crippen LogP contribution in [0.25, 0.3) is 11.0 Å². The molecule has 1 aromatic heterocycles. The fourth-order valence-corrected chi connectivity index (χ4v) is 2.99. The van der Waals surface area contributed by atoms with Crippen molar-refractivity contribution in [2.45, 2.75) is 0 Å². The van der Waals surface area contributed by atoms with E-state index in [0.717, 1.165) is 47.9 Å². The molecule has 0 radical (unpaired) electrons. The van der Waals surface area contributed by atoms with E-state index in [1.807, 2.05) is 54.6 Å². The highest BCUT2D eigenvalue weighted by Gasteiger charge is 2.21. The molecule has 1 amide bonds. The van der Waals surface area contributed by atoms with Crippen molar-refractivity contribution in [3.05, 3.63) is 54.6 Å². The van der Waals surface area contributed by atoms with Crippen LogP contribution in [0.15, 0.2) is 54.6 Å². The number of hydrogen-bond acceptors (Lipinski definition) is 5. The van der Waals surface area contributed by atoms with Crippen molar-refractivity contribution in [2.75, 3.05) is 36.4 Å². The molecule has 1 fully saturated rings. The first-order valence-corrected chi connectivity index (χ1v) is 8.36. The lowest BCUT2D eigenvalue weighted by Crippen LogP contribution is -2.46. The Labute approximate surface area is 146 Å². The molecule has 25 heavy (non-hydrogen) atoms. The fraction of sp³-hybridized carbons (Fsp3) is 0.211. The normalized spacial score (nSPS) is 14.6. The fourth-order valence-electron chi connectivity index (χ4n) is 2.99. The molecule has 126 valence electrons. The molecule has 1 N–H and O–H groups in total. The summed E-state index contributed by atoms with van der Waals surface area (Å²) in [6.45, 7) is 2.88. The molecular formula is C19H19N5O. The minimum absolute atomic E-state index is 0.697. The summed E-state index contributed by atoms with van der Waals surface area (Å²) in [6, 6.07) is 17.8. The Bertz CT molecular complexity index is 875. The average molecular weight is 333 g/mol. The van der Waals surface area contributed by atoms with E-state index in [0.29, 0.717) is 13.1 Å². The Morgan fingerprint density at radius 2 is 1.48 bits per heavy atom. The van der Waals surface area contributed by atoms with Gasteiger partial charge in [0.2, 0.25) is 6.41 Å². The number of anilines is 3. The maximum Gasteiger partial charge on any atom is 0.209 e. The van der Waals surface area contributed by atoms with Gasteiger partial charge in [0.1, 0.15) is 0 Å². The molecule has 0 unspecified atom stereocenters. The van der Waals surface area contributed by atoms with Crippen LogP contribution in [0.1, 0.15) is 0 Å². The lowest BCUT2D eigenvalue weighted by atomic mass is 10.2. The Hall–Kier alpha value is -3.15. The van der Waals surface area contributed by atoms with Crippen molar-refractivity contribution in [1.82, 2.24) is 14.9 Å². The third kappa shape index (κ3) is 3.24. The Morgan fingerprint density at radius 3 is 2.16 bits per heavy atom. The van der Waals surface area contributed by atoms with Gasteiger partial charge in [-0.05, 0) is 24.3 Å². The number of carbonyl (C=O) groups is 1. The predicted molar refractivity (Wildman–Crippen MR) is 99.1 cm³/mol. The van der Waals surface area contributed by atoms with E-state index < -0.39 is 0 Å². The van der Waals surface area contributed by atoms with Crippen LogP contribution in [0.4, 0.5) is 17.3 Å². The van der Waals surface area contributed by atoms with Crippen LogP contribution in [0.3, 0.4) is 0 Å². The number of rotatable bonds is 4. The van der Waals surface area contributed by atoms with Crippen molar-refractivity contribution < 1.29 is 4.79 Å². The molecule has 2 aromatic carbocycles. The molecule has 2 heterocycles. The van der Waals surface area contributed by atoms with Crippen LogP contribution in [-0.4, -0.2) is 47.5 Å². The lowest BCUT2D eigenvalue weighted by Gasteiger charge is -2.34. The molecule has 1 aliphatic rings. The molecule has 1 aliphatic heterocycles. The van der Waals surface area contributed by atoms with Gasteiger partial charge in [0.25, 0.3) is 0 Å². The van der Waals surface area contributed by atoms with Crippen LogP contribution in [0.5, 0.6) is 0 Å². The molecule has 6 nitrogen and oxygen atoms in total. The zero-order chi connectivity index (χ0) is 17.1. The lowest BCUT2D eigenvalue weighted by molar-refractivity contribution is -0.118. The second kappa shape index (κ2) is 6.76. The summed E-state index contributed by atoms with van der Waals surface area (Å²) < 4.78 is 0. The molecule has 1 saturated heterocycles. The number of carbonyl (C=O) groups excluding carboxylic acids is 1. The largest absolute Gasteiger partial charge is 0.350 e. The monoisotopic (exact) mass is 333 g/mol. The topological polar surface area (TPSA) is 61.4 Å². The minimum atomic E-state index is 0.697. The SMILES string of the molecule is O=CN1CCN(c2nc3ccccc3nc2Nc2ccccc2)CC1. The number of hydrogen-bond donors (Lipinski definition) is 1. The van der Waals surface area contributed by atoms with Gasteiger partial charge in [-0.2, -0.15) is 0 Å². The molecule has 0 spiro atoms. The summed E-state index contributed by atoms with van der Waals surface area (Å²) >= 11 is 0. The van der Waals surface area contributed by atoms with Crippen molar-refractivity contribution >= 4 is 34.8 Å². The number of aromatic nitrogens is 2. The molecule has 3 aromatic rings. The van der Waals surface area contributed by atoms with Crippen molar-refractivity contribution in [2.24, 2.45) is 0 Å².